The monoisotopic (exact) mass is 263 g/mol. The van der Waals surface area contributed by atoms with E-state index in [1.165, 1.54) is 12.1 Å². The second-order valence-corrected chi connectivity index (χ2v) is 5.01. The van der Waals surface area contributed by atoms with Crippen LogP contribution in [0.4, 0.5) is 18.9 Å². The highest BCUT2D eigenvalue weighted by molar-refractivity contribution is 6.21. The fraction of sp³-hybridized carbons (Fsp3) is 0.500. The van der Waals surface area contributed by atoms with Crippen LogP contribution < -0.4 is 5.32 Å². The number of halogens is 4. The standard InChI is InChI=1S/C12H13ClF3N/c13-10-5-8(6-10)7-17-11-3-1-9(2-4-11)12(14,15)16/h1-4,8,10,17H,5-7H2. The van der Waals surface area contributed by atoms with Crippen molar-refractivity contribution in [1.29, 1.82) is 0 Å². The number of anilines is 1. The minimum Gasteiger partial charge on any atom is -0.385 e. The van der Waals surface area contributed by atoms with Crippen molar-refractivity contribution in [2.45, 2.75) is 24.4 Å². The van der Waals surface area contributed by atoms with Gasteiger partial charge in [-0.15, -0.1) is 11.6 Å². The van der Waals surface area contributed by atoms with Crippen molar-refractivity contribution in [2.24, 2.45) is 5.92 Å². The van der Waals surface area contributed by atoms with E-state index < -0.39 is 11.7 Å². The molecular weight excluding hydrogens is 251 g/mol. The molecular formula is C12H13ClF3N. The maximum atomic E-state index is 12.3. The second kappa shape index (κ2) is 4.77. The fourth-order valence-electron chi connectivity index (χ4n) is 1.86. The van der Waals surface area contributed by atoms with Gasteiger partial charge in [-0.2, -0.15) is 13.2 Å². The van der Waals surface area contributed by atoms with E-state index in [0.29, 0.717) is 5.92 Å². The van der Waals surface area contributed by atoms with Gasteiger partial charge in [0.15, 0.2) is 0 Å². The van der Waals surface area contributed by atoms with Gasteiger partial charge in [-0.1, -0.05) is 0 Å². The number of benzene rings is 1. The topological polar surface area (TPSA) is 12.0 Å². The van der Waals surface area contributed by atoms with Crippen LogP contribution >= 0.6 is 11.6 Å². The van der Waals surface area contributed by atoms with Crippen LogP contribution in [0.15, 0.2) is 24.3 Å². The molecule has 5 heteroatoms. The molecule has 1 aromatic carbocycles. The Bertz CT molecular complexity index is 368. The summed E-state index contributed by atoms with van der Waals surface area (Å²) in [5.41, 5.74) is 0.100. The summed E-state index contributed by atoms with van der Waals surface area (Å²) in [5, 5.41) is 3.39. The molecule has 0 aromatic heterocycles. The van der Waals surface area contributed by atoms with Crippen molar-refractivity contribution in [3.63, 3.8) is 0 Å². The van der Waals surface area contributed by atoms with Crippen molar-refractivity contribution >= 4 is 17.3 Å². The maximum absolute atomic E-state index is 12.3. The Labute approximate surface area is 103 Å². The summed E-state index contributed by atoms with van der Waals surface area (Å²) in [6.45, 7) is 0.772. The zero-order valence-electron chi connectivity index (χ0n) is 9.10. The lowest BCUT2D eigenvalue weighted by molar-refractivity contribution is -0.137. The Morgan fingerprint density at radius 2 is 1.76 bits per heavy atom. The summed E-state index contributed by atoms with van der Waals surface area (Å²) in [4.78, 5) is 0. The first kappa shape index (κ1) is 12.6. The van der Waals surface area contributed by atoms with Crippen LogP contribution in [0.3, 0.4) is 0 Å². The molecule has 0 amide bonds. The van der Waals surface area contributed by atoms with Gasteiger partial charge in [-0.3, -0.25) is 0 Å². The van der Waals surface area contributed by atoms with Crippen molar-refractivity contribution in [3.05, 3.63) is 29.8 Å². The molecule has 2 rings (SSSR count). The Morgan fingerprint density at radius 3 is 2.24 bits per heavy atom. The van der Waals surface area contributed by atoms with E-state index in [0.717, 1.165) is 37.2 Å². The van der Waals surface area contributed by atoms with Crippen LogP contribution in [-0.4, -0.2) is 11.9 Å². The van der Waals surface area contributed by atoms with E-state index in [9.17, 15) is 13.2 Å². The van der Waals surface area contributed by atoms with Gasteiger partial charge in [-0.05, 0) is 43.0 Å². The van der Waals surface area contributed by atoms with Crippen molar-refractivity contribution in [1.82, 2.24) is 0 Å². The third-order valence-corrected chi connectivity index (χ3v) is 3.34. The van der Waals surface area contributed by atoms with E-state index in [4.69, 9.17) is 11.6 Å². The Morgan fingerprint density at radius 1 is 1.18 bits per heavy atom. The summed E-state index contributed by atoms with van der Waals surface area (Å²) in [5.74, 6) is 0.541. The number of nitrogens with one attached hydrogen (secondary N) is 1. The number of alkyl halides is 4. The van der Waals surface area contributed by atoms with Gasteiger partial charge in [0.25, 0.3) is 0 Å². The summed E-state index contributed by atoms with van der Waals surface area (Å²) < 4.78 is 36.9. The van der Waals surface area contributed by atoms with Gasteiger partial charge in [-0.25, -0.2) is 0 Å². The van der Waals surface area contributed by atoms with Gasteiger partial charge >= 0.3 is 6.18 Å². The van der Waals surface area contributed by atoms with Crippen LogP contribution in [0, 0.1) is 5.92 Å². The first-order valence-corrected chi connectivity index (χ1v) is 5.94. The molecule has 0 atom stereocenters. The minimum absolute atomic E-state index is 0.273. The lowest BCUT2D eigenvalue weighted by atomic mass is 9.85. The van der Waals surface area contributed by atoms with Crippen LogP contribution in [0.5, 0.6) is 0 Å². The zero-order chi connectivity index (χ0) is 12.5. The SMILES string of the molecule is FC(F)(F)c1ccc(NCC2CC(Cl)C2)cc1. The molecule has 1 aliphatic carbocycles. The molecule has 0 aliphatic heterocycles. The zero-order valence-corrected chi connectivity index (χ0v) is 9.85. The van der Waals surface area contributed by atoms with Gasteiger partial charge in [0.2, 0.25) is 0 Å². The average molecular weight is 264 g/mol. The Hall–Kier alpha value is -0.900. The molecule has 1 nitrogen and oxygen atoms in total. The highest BCUT2D eigenvalue weighted by Gasteiger charge is 2.30. The van der Waals surface area contributed by atoms with Crippen LogP contribution in [-0.2, 0) is 6.18 Å². The Kier molecular flexibility index (Phi) is 3.52. The predicted octanol–water partition coefficient (Wildman–Crippen LogP) is 4.13. The van der Waals surface area contributed by atoms with Crippen LogP contribution in [0.25, 0.3) is 0 Å². The van der Waals surface area contributed by atoms with E-state index in [1.807, 2.05) is 0 Å². The molecule has 0 unspecified atom stereocenters. The highest BCUT2D eigenvalue weighted by Crippen LogP contribution is 2.32. The van der Waals surface area contributed by atoms with Gasteiger partial charge in [0.05, 0.1) is 5.56 Å². The maximum Gasteiger partial charge on any atom is 0.416 e. The predicted molar refractivity (Wildman–Crippen MR) is 62.3 cm³/mol. The summed E-state index contributed by atoms with van der Waals surface area (Å²) in [7, 11) is 0. The normalized spacial score (nSPS) is 24.2. The molecule has 94 valence electrons. The van der Waals surface area contributed by atoms with E-state index in [1.54, 1.807) is 0 Å². The van der Waals surface area contributed by atoms with Crippen LogP contribution in [0.1, 0.15) is 18.4 Å². The van der Waals surface area contributed by atoms with Gasteiger partial charge in [0, 0.05) is 17.6 Å². The summed E-state index contributed by atoms with van der Waals surface area (Å²) in [6, 6.07) is 5.10. The first-order chi connectivity index (χ1) is 7.95. The van der Waals surface area contributed by atoms with E-state index >= 15 is 0 Å². The lowest BCUT2D eigenvalue weighted by Crippen LogP contribution is -2.29. The molecule has 1 fully saturated rings. The first-order valence-electron chi connectivity index (χ1n) is 5.50. The molecule has 17 heavy (non-hydrogen) atoms. The van der Waals surface area contributed by atoms with E-state index in [2.05, 4.69) is 5.32 Å². The van der Waals surface area contributed by atoms with Crippen molar-refractivity contribution in [3.8, 4) is 0 Å². The molecule has 1 aromatic rings. The van der Waals surface area contributed by atoms with Gasteiger partial charge in [0.1, 0.15) is 0 Å². The van der Waals surface area contributed by atoms with Crippen molar-refractivity contribution < 1.29 is 13.2 Å². The fourth-order valence-corrected chi connectivity index (χ4v) is 2.36. The third kappa shape index (κ3) is 3.28. The van der Waals surface area contributed by atoms with Crippen molar-refractivity contribution in [2.75, 3.05) is 11.9 Å². The molecule has 0 spiro atoms. The number of hydrogen-bond donors (Lipinski definition) is 1. The lowest BCUT2D eigenvalue weighted by Gasteiger charge is -2.31. The summed E-state index contributed by atoms with van der Waals surface area (Å²) >= 11 is 5.84. The molecule has 0 heterocycles. The molecule has 0 radical (unpaired) electrons. The smallest absolute Gasteiger partial charge is 0.385 e. The quantitative estimate of drug-likeness (QED) is 0.809. The van der Waals surface area contributed by atoms with Gasteiger partial charge < -0.3 is 5.32 Å². The average Bonchev–Trinajstić information content (AvgIpc) is 2.22. The molecule has 1 aliphatic rings. The minimum atomic E-state index is -4.27. The molecule has 0 bridgehead atoms. The summed E-state index contributed by atoms with van der Waals surface area (Å²) in [6.07, 6.45) is -2.30. The number of rotatable bonds is 3. The Balaban J connectivity index is 1.86. The van der Waals surface area contributed by atoms with E-state index in [-0.39, 0.29) is 5.38 Å². The largest absolute Gasteiger partial charge is 0.416 e. The second-order valence-electron chi connectivity index (χ2n) is 4.39. The third-order valence-electron chi connectivity index (χ3n) is 2.99. The highest BCUT2D eigenvalue weighted by atomic mass is 35.5. The van der Waals surface area contributed by atoms with Crippen LogP contribution in [0.2, 0.25) is 0 Å². The molecule has 1 N–H and O–H groups in total. The molecule has 1 saturated carbocycles. The number of hydrogen-bond acceptors (Lipinski definition) is 1. The molecule has 0 saturated heterocycles.